The second kappa shape index (κ2) is 7.79. The van der Waals surface area contributed by atoms with Crippen LogP contribution in [0.15, 0.2) is 69.8 Å². The van der Waals surface area contributed by atoms with E-state index in [-0.39, 0.29) is 5.69 Å². The minimum absolute atomic E-state index is 0.178. The Morgan fingerprint density at radius 2 is 1.89 bits per heavy atom. The average molecular weight is 415 g/mol. The molecule has 0 radical (unpaired) electrons. The summed E-state index contributed by atoms with van der Waals surface area (Å²) < 4.78 is 7.31. The van der Waals surface area contributed by atoms with Crippen LogP contribution in [0.3, 0.4) is 0 Å². The van der Waals surface area contributed by atoms with E-state index in [4.69, 9.17) is 16.0 Å². The van der Waals surface area contributed by atoms with Gasteiger partial charge in [-0.3, -0.25) is 14.7 Å². The van der Waals surface area contributed by atoms with Crippen LogP contribution in [0.1, 0.15) is 5.76 Å². The molecule has 0 aliphatic carbocycles. The van der Waals surface area contributed by atoms with Crippen molar-refractivity contribution < 1.29 is 9.34 Å². The predicted octanol–water partition coefficient (Wildman–Crippen LogP) is 4.09. The molecule has 0 spiro atoms. The van der Waals surface area contributed by atoms with Gasteiger partial charge < -0.3 is 4.42 Å². The van der Waals surface area contributed by atoms with E-state index in [1.54, 1.807) is 24.5 Å². The summed E-state index contributed by atoms with van der Waals surface area (Å²) in [6.45, 7) is 0.396. The molecule has 0 N–H and O–H groups in total. The molecule has 9 nitrogen and oxygen atoms in total. The summed E-state index contributed by atoms with van der Waals surface area (Å²) in [5.74, 6) is 1.35. The Morgan fingerprint density at radius 3 is 2.54 bits per heavy atom. The lowest BCUT2D eigenvalue weighted by Crippen LogP contribution is -2.04. The molecular formula is C17H11ClN6O3S. The summed E-state index contributed by atoms with van der Waals surface area (Å²) in [6, 6.07) is 10.9. The fourth-order valence-corrected chi connectivity index (χ4v) is 3.26. The maximum Gasteiger partial charge on any atom is 0.305 e. The Hall–Kier alpha value is -3.24. The monoisotopic (exact) mass is 414 g/mol. The van der Waals surface area contributed by atoms with Crippen LogP contribution in [0.4, 0.5) is 5.69 Å². The molecule has 140 valence electrons. The number of nitro groups is 1. The zero-order valence-electron chi connectivity index (χ0n) is 14.1. The summed E-state index contributed by atoms with van der Waals surface area (Å²) in [7, 11) is 0. The Morgan fingerprint density at radius 1 is 1.14 bits per heavy atom. The van der Waals surface area contributed by atoms with Crippen LogP contribution in [0.2, 0.25) is 5.02 Å². The molecule has 4 rings (SSSR count). The number of hydrogen-bond acceptors (Lipinski definition) is 8. The van der Waals surface area contributed by atoms with E-state index in [0.717, 1.165) is 35.5 Å². The molecule has 0 fully saturated rings. The molecule has 0 saturated carbocycles. The largest absolute Gasteiger partial charge is 0.467 e. The van der Waals surface area contributed by atoms with Gasteiger partial charge in [0.05, 0.1) is 17.7 Å². The maximum atomic E-state index is 10.8. The van der Waals surface area contributed by atoms with Crippen LogP contribution in [-0.4, -0.2) is 29.7 Å². The van der Waals surface area contributed by atoms with Gasteiger partial charge in [-0.15, -0.1) is 10.2 Å². The van der Waals surface area contributed by atoms with Gasteiger partial charge in [-0.2, -0.15) is 0 Å². The fraction of sp³-hybridized carbons (Fsp3) is 0.0588. The highest BCUT2D eigenvalue weighted by atomic mass is 35.5. The molecule has 3 heterocycles. The Labute approximate surface area is 167 Å². The van der Waals surface area contributed by atoms with E-state index in [2.05, 4.69) is 20.2 Å². The van der Waals surface area contributed by atoms with E-state index in [1.165, 1.54) is 0 Å². The van der Waals surface area contributed by atoms with Gasteiger partial charge in [-0.25, -0.2) is 9.97 Å². The Bertz CT molecular complexity index is 1100. The van der Waals surface area contributed by atoms with Crippen LogP contribution in [0.25, 0.3) is 11.4 Å². The van der Waals surface area contributed by atoms with E-state index >= 15 is 0 Å². The summed E-state index contributed by atoms with van der Waals surface area (Å²) in [6.07, 6.45) is 3.90. The number of rotatable bonds is 6. The first-order valence-electron chi connectivity index (χ1n) is 7.96. The fourth-order valence-electron chi connectivity index (χ4n) is 2.42. The standard InChI is InChI=1S/C17H11ClN6O3S/c18-12-5-3-11(4-6-12)15-21-22-17(23(15)10-14-2-1-7-27-14)28-16-19-8-13(9-20-16)24(25)26/h1-9H,10H2. The minimum atomic E-state index is -0.549. The second-order valence-electron chi connectivity index (χ2n) is 5.56. The topological polar surface area (TPSA) is 113 Å². The van der Waals surface area contributed by atoms with Gasteiger partial charge in [-0.05, 0) is 48.2 Å². The van der Waals surface area contributed by atoms with Gasteiger partial charge in [0.15, 0.2) is 16.1 Å². The van der Waals surface area contributed by atoms with Gasteiger partial charge in [0.1, 0.15) is 18.2 Å². The molecule has 0 atom stereocenters. The van der Waals surface area contributed by atoms with Crippen molar-refractivity contribution in [1.82, 2.24) is 24.7 Å². The van der Waals surface area contributed by atoms with E-state index < -0.39 is 4.92 Å². The van der Waals surface area contributed by atoms with Gasteiger partial charge >= 0.3 is 5.69 Å². The van der Waals surface area contributed by atoms with Crippen molar-refractivity contribution in [3.8, 4) is 11.4 Å². The molecule has 1 aromatic carbocycles. The number of benzene rings is 1. The second-order valence-corrected chi connectivity index (χ2v) is 6.93. The molecule has 0 unspecified atom stereocenters. The molecule has 28 heavy (non-hydrogen) atoms. The first kappa shape index (κ1) is 18.1. The van der Waals surface area contributed by atoms with E-state index in [1.807, 2.05) is 22.8 Å². The summed E-state index contributed by atoms with van der Waals surface area (Å²) >= 11 is 7.13. The lowest BCUT2D eigenvalue weighted by Gasteiger charge is -2.08. The van der Waals surface area contributed by atoms with Crippen molar-refractivity contribution in [2.75, 3.05) is 0 Å². The first-order chi connectivity index (χ1) is 13.6. The zero-order valence-corrected chi connectivity index (χ0v) is 15.7. The SMILES string of the molecule is O=[N+]([O-])c1cnc(Sc2nnc(-c3ccc(Cl)cc3)n2Cc2ccco2)nc1. The number of nitrogens with zero attached hydrogens (tertiary/aromatic N) is 6. The highest BCUT2D eigenvalue weighted by Crippen LogP contribution is 2.29. The third-order valence-electron chi connectivity index (χ3n) is 3.72. The number of halogens is 1. The molecular weight excluding hydrogens is 404 g/mol. The molecule has 0 amide bonds. The van der Waals surface area contributed by atoms with Crippen LogP contribution < -0.4 is 0 Å². The first-order valence-corrected chi connectivity index (χ1v) is 9.15. The minimum Gasteiger partial charge on any atom is -0.467 e. The van der Waals surface area contributed by atoms with Crippen molar-refractivity contribution in [3.63, 3.8) is 0 Å². The van der Waals surface area contributed by atoms with Crippen molar-refractivity contribution >= 4 is 29.1 Å². The highest BCUT2D eigenvalue weighted by Gasteiger charge is 2.18. The molecule has 0 aliphatic rings. The van der Waals surface area contributed by atoms with E-state index in [0.29, 0.717) is 27.7 Å². The summed E-state index contributed by atoms with van der Waals surface area (Å²) in [5, 5.41) is 20.7. The van der Waals surface area contributed by atoms with Crippen molar-refractivity contribution in [1.29, 1.82) is 0 Å². The van der Waals surface area contributed by atoms with Crippen LogP contribution in [0, 0.1) is 10.1 Å². The van der Waals surface area contributed by atoms with Crippen LogP contribution in [0.5, 0.6) is 0 Å². The number of hydrogen-bond donors (Lipinski definition) is 0. The van der Waals surface area contributed by atoms with Gasteiger partial charge in [0, 0.05) is 10.6 Å². The highest BCUT2D eigenvalue weighted by molar-refractivity contribution is 7.99. The van der Waals surface area contributed by atoms with Crippen LogP contribution in [-0.2, 0) is 6.54 Å². The molecule has 3 aromatic heterocycles. The third-order valence-corrected chi connectivity index (χ3v) is 4.85. The number of aromatic nitrogens is 5. The molecule has 11 heteroatoms. The summed E-state index contributed by atoms with van der Waals surface area (Å²) in [5.41, 5.74) is 0.656. The molecule has 0 saturated heterocycles. The Kier molecular flexibility index (Phi) is 5.04. The van der Waals surface area contributed by atoms with Crippen molar-refractivity contribution in [2.24, 2.45) is 0 Å². The molecule has 0 bridgehead atoms. The van der Waals surface area contributed by atoms with Gasteiger partial charge in [-0.1, -0.05) is 11.6 Å². The maximum absolute atomic E-state index is 10.8. The lowest BCUT2D eigenvalue weighted by molar-refractivity contribution is -0.385. The van der Waals surface area contributed by atoms with Crippen molar-refractivity contribution in [3.05, 3.63) is 76.0 Å². The predicted molar refractivity (Wildman–Crippen MR) is 101 cm³/mol. The lowest BCUT2D eigenvalue weighted by atomic mass is 10.2. The van der Waals surface area contributed by atoms with Gasteiger partial charge in [0.2, 0.25) is 0 Å². The normalized spacial score (nSPS) is 10.9. The Balaban J connectivity index is 1.69. The van der Waals surface area contributed by atoms with E-state index in [9.17, 15) is 10.1 Å². The molecule has 0 aliphatic heterocycles. The van der Waals surface area contributed by atoms with Crippen molar-refractivity contribution in [2.45, 2.75) is 16.9 Å². The van der Waals surface area contributed by atoms with Gasteiger partial charge in [0.25, 0.3) is 0 Å². The third kappa shape index (κ3) is 3.87. The summed E-state index contributed by atoms with van der Waals surface area (Å²) in [4.78, 5) is 18.2. The smallest absolute Gasteiger partial charge is 0.305 e. The molecule has 4 aromatic rings. The zero-order chi connectivity index (χ0) is 19.5. The number of furan rings is 1. The average Bonchev–Trinajstić information content (AvgIpc) is 3.34. The quantitative estimate of drug-likeness (QED) is 0.263. The van der Waals surface area contributed by atoms with Crippen LogP contribution >= 0.6 is 23.4 Å².